The van der Waals surface area contributed by atoms with Crippen LogP contribution in [0, 0.1) is 5.92 Å². The van der Waals surface area contributed by atoms with Gasteiger partial charge in [0.05, 0.1) is 0 Å². The van der Waals surface area contributed by atoms with E-state index in [1.807, 2.05) is 0 Å². The van der Waals surface area contributed by atoms with E-state index in [-0.39, 0.29) is 12.4 Å². The van der Waals surface area contributed by atoms with Crippen LogP contribution in [0.25, 0.3) is 0 Å². The molecule has 0 aromatic rings. The average molecular weight is 208 g/mol. The lowest BCUT2D eigenvalue weighted by molar-refractivity contribution is -0.121. The first-order valence-electron chi connectivity index (χ1n) is 4.39. The van der Waals surface area contributed by atoms with Crippen LogP contribution in [0.2, 0.25) is 0 Å². The molecule has 0 heterocycles. The molecule has 5 heteroatoms. The number of carbonyl (C=O) groups is 1. The van der Waals surface area contributed by atoms with Gasteiger partial charge >= 0.3 is 8.25 Å². The second kappa shape index (κ2) is 7.25. The Balaban J connectivity index is 3.36. The normalized spacial score (nSPS) is 13.2. The standard InChI is InChI=1S/C8H17O4P/c1-7(2)4-3-5-8(9)6-12-13(10)11/h7,13H,3-6H2,1-2H3,(H,10,11). The molecule has 0 fully saturated rings. The third kappa shape index (κ3) is 9.74. The molecule has 0 aliphatic rings. The molecule has 0 spiro atoms. The second-order valence-corrected chi connectivity index (χ2v) is 4.20. The third-order valence-electron chi connectivity index (χ3n) is 1.59. The van der Waals surface area contributed by atoms with Gasteiger partial charge in [-0.15, -0.1) is 0 Å². The number of rotatable bonds is 7. The lowest BCUT2D eigenvalue weighted by Crippen LogP contribution is -2.05. The molecule has 0 aromatic carbocycles. The highest BCUT2D eigenvalue weighted by Gasteiger charge is 2.04. The van der Waals surface area contributed by atoms with Crippen LogP contribution in [0.15, 0.2) is 0 Å². The Morgan fingerprint density at radius 2 is 2.15 bits per heavy atom. The van der Waals surface area contributed by atoms with Gasteiger partial charge in [0, 0.05) is 6.42 Å². The van der Waals surface area contributed by atoms with Crippen molar-refractivity contribution in [2.75, 3.05) is 6.61 Å². The number of Topliss-reactive ketones (excluding diaryl/α,β-unsaturated/α-hetero) is 1. The molecule has 0 saturated heterocycles. The summed E-state index contributed by atoms with van der Waals surface area (Å²) in [6.07, 6.45) is 2.26. The van der Waals surface area contributed by atoms with Crippen molar-refractivity contribution in [1.82, 2.24) is 0 Å². The highest BCUT2D eigenvalue weighted by atomic mass is 31.1. The minimum absolute atomic E-state index is 0.104. The van der Waals surface area contributed by atoms with Gasteiger partial charge in [0.25, 0.3) is 0 Å². The molecule has 4 nitrogen and oxygen atoms in total. The van der Waals surface area contributed by atoms with Crippen LogP contribution >= 0.6 is 8.25 Å². The van der Waals surface area contributed by atoms with E-state index in [1.54, 1.807) is 0 Å². The molecule has 13 heavy (non-hydrogen) atoms. The van der Waals surface area contributed by atoms with Crippen molar-refractivity contribution in [3.63, 3.8) is 0 Å². The van der Waals surface area contributed by atoms with Crippen molar-refractivity contribution < 1.29 is 18.8 Å². The number of carbonyl (C=O) groups excluding carboxylic acids is 1. The minimum Gasteiger partial charge on any atom is -0.326 e. The molecule has 0 rings (SSSR count). The third-order valence-corrected chi connectivity index (χ3v) is 1.99. The lowest BCUT2D eigenvalue weighted by Gasteiger charge is -2.03. The first-order chi connectivity index (χ1) is 6.02. The van der Waals surface area contributed by atoms with Crippen molar-refractivity contribution >= 4 is 14.0 Å². The van der Waals surface area contributed by atoms with E-state index in [4.69, 9.17) is 4.89 Å². The Hall–Kier alpha value is -0.180. The van der Waals surface area contributed by atoms with Gasteiger partial charge in [-0.05, 0) is 12.3 Å². The molecule has 1 N–H and O–H groups in total. The summed E-state index contributed by atoms with van der Waals surface area (Å²) in [6, 6.07) is 0. The number of hydrogen-bond donors (Lipinski definition) is 1. The summed E-state index contributed by atoms with van der Waals surface area (Å²) in [5, 5.41) is 0. The molecular weight excluding hydrogens is 191 g/mol. The summed E-state index contributed by atoms with van der Waals surface area (Å²) in [5.74, 6) is 0.485. The van der Waals surface area contributed by atoms with Gasteiger partial charge in [-0.1, -0.05) is 20.3 Å². The molecule has 78 valence electrons. The molecule has 0 aromatic heterocycles. The van der Waals surface area contributed by atoms with Crippen molar-refractivity contribution in [1.29, 1.82) is 0 Å². The largest absolute Gasteiger partial charge is 0.326 e. The minimum atomic E-state index is -2.94. The molecular formula is C8H17O4P. The molecule has 0 aliphatic heterocycles. The van der Waals surface area contributed by atoms with Gasteiger partial charge in [0.1, 0.15) is 6.61 Å². The predicted molar refractivity (Wildman–Crippen MR) is 50.9 cm³/mol. The first-order valence-corrected chi connectivity index (χ1v) is 5.66. The Morgan fingerprint density at radius 1 is 1.54 bits per heavy atom. The lowest BCUT2D eigenvalue weighted by atomic mass is 10.1. The first kappa shape index (κ1) is 12.8. The summed E-state index contributed by atoms with van der Waals surface area (Å²) in [6.45, 7) is 3.95. The van der Waals surface area contributed by atoms with Gasteiger partial charge < -0.3 is 9.42 Å². The zero-order valence-corrected chi connectivity index (χ0v) is 9.08. The zero-order chi connectivity index (χ0) is 10.3. The van der Waals surface area contributed by atoms with Gasteiger partial charge in [0.2, 0.25) is 0 Å². The van der Waals surface area contributed by atoms with Gasteiger partial charge in [-0.2, -0.15) is 0 Å². The van der Waals surface area contributed by atoms with E-state index in [2.05, 4.69) is 18.4 Å². The van der Waals surface area contributed by atoms with E-state index in [0.717, 1.165) is 12.8 Å². The molecule has 0 aliphatic carbocycles. The van der Waals surface area contributed by atoms with Gasteiger partial charge in [0.15, 0.2) is 5.78 Å². The Labute approximate surface area is 79.2 Å². The molecule has 1 atom stereocenters. The highest BCUT2D eigenvalue weighted by molar-refractivity contribution is 7.32. The van der Waals surface area contributed by atoms with Crippen LogP contribution in [0.3, 0.4) is 0 Å². The smallest absolute Gasteiger partial charge is 0.317 e. The molecule has 0 saturated carbocycles. The fraction of sp³-hybridized carbons (Fsp3) is 0.875. The van der Waals surface area contributed by atoms with E-state index >= 15 is 0 Å². The quantitative estimate of drug-likeness (QED) is 0.648. The van der Waals surface area contributed by atoms with Crippen LogP contribution in [0.1, 0.15) is 33.1 Å². The van der Waals surface area contributed by atoms with E-state index in [0.29, 0.717) is 12.3 Å². The fourth-order valence-electron chi connectivity index (χ4n) is 0.922. The van der Waals surface area contributed by atoms with Crippen LogP contribution < -0.4 is 0 Å². The van der Waals surface area contributed by atoms with Crippen molar-refractivity contribution in [2.24, 2.45) is 5.92 Å². The topological polar surface area (TPSA) is 63.6 Å². The summed E-state index contributed by atoms with van der Waals surface area (Å²) in [5.41, 5.74) is 0. The number of hydrogen-bond acceptors (Lipinski definition) is 3. The Bertz CT molecular complexity index is 179. The van der Waals surface area contributed by atoms with Crippen LogP contribution in [-0.2, 0) is 13.9 Å². The summed E-state index contributed by atoms with van der Waals surface area (Å²) >= 11 is 0. The van der Waals surface area contributed by atoms with E-state index in [1.165, 1.54) is 0 Å². The van der Waals surface area contributed by atoms with Crippen LogP contribution in [0.4, 0.5) is 0 Å². The van der Waals surface area contributed by atoms with E-state index in [9.17, 15) is 9.36 Å². The van der Waals surface area contributed by atoms with Crippen molar-refractivity contribution in [3.05, 3.63) is 0 Å². The molecule has 0 amide bonds. The fourth-order valence-corrected chi connectivity index (χ4v) is 1.21. The Morgan fingerprint density at radius 3 is 2.62 bits per heavy atom. The average Bonchev–Trinajstić information content (AvgIpc) is 2.00. The maximum Gasteiger partial charge on any atom is 0.317 e. The molecule has 0 radical (unpaired) electrons. The second-order valence-electron chi connectivity index (χ2n) is 3.38. The van der Waals surface area contributed by atoms with Crippen LogP contribution in [0.5, 0.6) is 0 Å². The summed E-state index contributed by atoms with van der Waals surface area (Å²) in [7, 11) is -2.94. The SMILES string of the molecule is CC(C)CCCC(=O)CO[PH](=O)O. The summed E-state index contributed by atoms with van der Waals surface area (Å²) < 4.78 is 14.4. The highest BCUT2D eigenvalue weighted by Crippen LogP contribution is 2.14. The molecule has 1 unspecified atom stereocenters. The van der Waals surface area contributed by atoms with Crippen LogP contribution in [-0.4, -0.2) is 17.3 Å². The number of ketones is 1. The van der Waals surface area contributed by atoms with Gasteiger partial charge in [-0.3, -0.25) is 9.36 Å². The zero-order valence-electron chi connectivity index (χ0n) is 8.08. The van der Waals surface area contributed by atoms with Gasteiger partial charge in [-0.25, -0.2) is 0 Å². The van der Waals surface area contributed by atoms with Crippen molar-refractivity contribution in [3.8, 4) is 0 Å². The van der Waals surface area contributed by atoms with Crippen molar-refractivity contribution in [2.45, 2.75) is 33.1 Å². The summed E-state index contributed by atoms with van der Waals surface area (Å²) in [4.78, 5) is 19.3. The maximum absolute atomic E-state index is 11.0. The Kier molecular flexibility index (Phi) is 7.14. The maximum atomic E-state index is 11.0. The predicted octanol–water partition coefficient (Wildman–Crippen LogP) is 1.78. The van der Waals surface area contributed by atoms with E-state index < -0.39 is 8.25 Å². The monoisotopic (exact) mass is 208 g/mol. The molecule has 0 bridgehead atoms.